The van der Waals surface area contributed by atoms with E-state index in [4.69, 9.17) is 5.11 Å². The van der Waals surface area contributed by atoms with E-state index in [2.05, 4.69) is 37.3 Å². The summed E-state index contributed by atoms with van der Waals surface area (Å²) in [4.78, 5) is 10.4. The van der Waals surface area contributed by atoms with Gasteiger partial charge >= 0.3 is 5.97 Å². The number of carbonyl (C=O) groups is 1. The van der Waals surface area contributed by atoms with Crippen molar-refractivity contribution < 1.29 is 9.90 Å². The van der Waals surface area contributed by atoms with Crippen LogP contribution in [0.1, 0.15) is 77.6 Å². The minimum atomic E-state index is -0.698. The average molecular weight is 304 g/mol. The van der Waals surface area contributed by atoms with Crippen LogP contribution in [0.4, 0.5) is 0 Å². The number of rotatable bonds is 12. The minimum Gasteiger partial charge on any atom is -0.481 e. The summed E-state index contributed by atoms with van der Waals surface area (Å²) in [5.41, 5.74) is 1.57. The lowest BCUT2D eigenvalue weighted by Gasteiger charge is -2.09. The Morgan fingerprint density at radius 3 is 2.77 bits per heavy atom. The first-order chi connectivity index (χ1) is 10.7. The third kappa shape index (κ3) is 8.86. The zero-order valence-corrected chi connectivity index (χ0v) is 14.1. The summed E-state index contributed by atoms with van der Waals surface area (Å²) in [5, 5.41) is 8.59. The molecule has 1 aliphatic carbocycles. The van der Waals surface area contributed by atoms with Crippen molar-refractivity contribution in [3.05, 3.63) is 36.0 Å². The summed E-state index contributed by atoms with van der Waals surface area (Å²) in [6.07, 6.45) is 23.4. The third-order valence-corrected chi connectivity index (χ3v) is 4.23. The van der Waals surface area contributed by atoms with Gasteiger partial charge in [-0.05, 0) is 38.5 Å². The summed E-state index contributed by atoms with van der Waals surface area (Å²) >= 11 is 0. The standard InChI is InChI=1S/C20H32O2/c1-2-3-4-5-6-9-13-18-15-12-16-19(18)14-10-7-8-11-17-20(21)22/h7,10,12-13,16,19H,2-6,8-9,11,14-15,17H2,1H3,(H,21,22)/t19-/m0/s1. The van der Waals surface area contributed by atoms with Crippen molar-refractivity contribution in [3.63, 3.8) is 0 Å². The highest BCUT2D eigenvalue weighted by atomic mass is 16.4. The summed E-state index contributed by atoms with van der Waals surface area (Å²) in [5.74, 6) is -0.123. The maximum atomic E-state index is 10.4. The molecule has 2 heteroatoms. The molecule has 0 radical (unpaired) electrons. The first-order valence-electron chi connectivity index (χ1n) is 8.96. The average Bonchev–Trinajstić information content (AvgIpc) is 2.93. The molecule has 1 atom stereocenters. The van der Waals surface area contributed by atoms with Crippen LogP contribution in [0, 0.1) is 5.92 Å². The molecule has 1 N–H and O–H groups in total. The lowest BCUT2D eigenvalue weighted by atomic mass is 9.96. The second-order valence-corrected chi connectivity index (χ2v) is 6.21. The SMILES string of the molecule is CCCCCCCC=C1CC=C[C@@H]1CC=CCCCC(=O)O. The Labute approximate surface area is 136 Å². The van der Waals surface area contributed by atoms with Crippen LogP contribution in [0.5, 0.6) is 0 Å². The number of hydrogen-bond acceptors (Lipinski definition) is 1. The second kappa shape index (κ2) is 12.3. The van der Waals surface area contributed by atoms with Gasteiger partial charge < -0.3 is 5.11 Å². The van der Waals surface area contributed by atoms with Gasteiger partial charge in [-0.15, -0.1) is 0 Å². The lowest BCUT2D eigenvalue weighted by Crippen LogP contribution is -1.95. The van der Waals surface area contributed by atoms with Crippen LogP contribution in [0.15, 0.2) is 36.0 Å². The van der Waals surface area contributed by atoms with Gasteiger partial charge in [0.15, 0.2) is 0 Å². The molecule has 0 aliphatic heterocycles. The third-order valence-electron chi connectivity index (χ3n) is 4.23. The van der Waals surface area contributed by atoms with E-state index in [-0.39, 0.29) is 6.42 Å². The molecule has 1 rings (SSSR count). The zero-order chi connectivity index (χ0) is 16.0. The van der Waals surface area contributed by atoms with Crippen LogP contribution in [0.2, 0.25) is 0 Å². The van der Waals surface area contributed by atoms with E-state index in [1.165, 1.54) is 38.5 Å². The largest absolute Gasteiger partial charge is 0.481 e. The second-order valence-electron chi connectivity index (χ2n) is 6.21. The number of unbranched alkanes of at least 4 members (excludes halogenated alkanes) is 6. The molecule has 0 unspecified atom stereocenters. The fourth-order valence-corrected chi connectivity index (χ4v) is 2.88. The van der Waals surface area contributed by atoms with Gasteiger partial charge in [-0.3, -0.25) is 4.79 Å². The van der Waals surface area contributed by atoms with Crippen molar-refractivity contribution in [1.29, 1.82) is 0 Å². The molecule has 124 valence electrons. The number of hydrogen-bond donors (Lipinski definition) is 1. The van der Waals surface area contributed by atoms with E-state index in [0.29, 0.717) is 5.92 Å². The molecule has 0 amide bonds. The molecule has 2 nitrogen and oxygen atoms in total. The van der Waals surface area contributed by atoms with Crippen LogP contribution in [0.3, 0.4) is 0 Å². The van der Waals surface area contributed by atoms with Crippen LogP contribution < -0.4 is 0 Å². The molecule has 0 fully saturated rings. The van der Waals surface area contributed by atoms with Gasteiger partial charge in [-0.1, -0.05) is 68.6 Å². The molecule has 0 aromatic rings. The fraction of sp³-hybridized carbons (Fsp3) is 0.650. The van der Waals surface area contributed by atoms with E-state index in [9.17, 15) is 4.79 Å². The maximum Gasteiger partial charge on any atom is 0.303 e. The van der Waals surface area contributed by atoms with Gasteiger partial charge in [0.2, 0.25) is 0 Å². The van der Waals surface area contributed by atoms with Crippen LogP contribution in [0.25, 0.3) is 0 Å². The Balaban J connectivity index is 2.17. The number of carboxylic acids is 1. The highest BCUT2D eigenvalue weighted by Gasteiger charge is 2.13. The molecular formula is C20H32O2. The Bertz CT molecular complexity index is 391. The quantitative estimate of drug-likeness (QED) is 0.352. The number of carboxylic acid groups (broad SMARTS) is 1. The van der Waals surface area contributed by atoms with Gasteiger partial charge in [0.25, 0.3) is 0 Å². The molecule has 0 aromatic carbocycles. The van der Waals surface area contributed by atoms with E-state index >= 15 is 0 Å². The van der Waals surface area contributed by atoms with Gasteiger partial charge in [-0.2, -0.15) is 0 Å². The zero-order valence-electron chi connectivity index (χ0n) is 14.1. The molecule has 0 saturated carbocycles. The van der Waals surface area contributed by atoms with Crippen molar-refractivity contribution in [2.75, 3.05) is 0 Å². The normalized spacial score (nSPS) is 19.5. The smallest absolute Gasteiger partial charge is 0.303 e. The molecule has 0 spiro atoms. The minimum absolute atomic E-state index is 0.275. The highest BCUT2D eigenvalue weighted by molar-refractivity contribution is 5.66. The van der Waals surface area contributed by atoms with Crippen molar-refractivity contribution in [2.24, 2.45) is 5.92 Å². The van der Waals surface area contributed by atoms with E-state index in [1.54, 1.807) is 5.57 Å². The monoisotopic (exact) mass is 304 g/mol. The molecule has 22 heavy (non-hydrogen) atoms. The highest BCUT2D eigenvalue weighted by Crippen LogP contribution is 2.28. The van der Waals surface area contributed by atoms with Gasteiger partial charge in [0.1, 0.15) is 0 Å². The Hall–Kier alpha value is -1.31. The van der Waals surface area contributed by atoms with Crippen molar-refractivity contribution >= 4 is 5.97 Å². The number of aliphatic carboxylic acids is 1. The van der Waals surface area contributed by atoms with Gasteiger partial charge in [0.05, 0.1) is 0 Å². The molecule has 0 heterocycles. The Morgan fingerprint density at radius 1 is 1.18 bits per heavy atom. The predicted octanol–water partition coefficient (Wildman–Crippen LogP) is 6.05. The summed E-state index contributed by atoms with van der Waals surface area (Å²) in [6.45, 7) is 2.26. The predicted molar refractivity (Wildman–Crippen MR) is 93.9 cm³/mol. The maximum absolute atomic E-state index is 10.4. The first-order valence-corrected chi connectivity index (χ1v) is 8.96. The molecule has 0 aromatic heterocycles. The fourth-order valence-electron chi connectivity index (χ4n) is 2.88. The van der Waals surface area contributed by atoms with E-state index < -0.39 is 5.97 Å². The summed E-state index contributed by atoms with van der Waals surface area (Å²) in [7, 11) is 0. The van der Waals surface area contributed by atoms with Crippen molar-refractivity contribution in [2.45, 2.75) is 77.6 Å². The van der Waals surface area contributed by atoms with E-state index in [1.807, 2.05) is 0 Å². The Kier molecular flexibility index (Phi) is 10.4. The summed E-state index contributed by atoms with van der Waals surface area (Å²) in [6, 6.07) is 0. The molecule has 0 saturated heterocycles. The van der Waals surface area contributed by atoms with Crippen LogP contribution in [-0.2, 0) is 4.79 Å². The van der Waals surface area contributed by atoms with Crippen LogP contribution in [-0.4, -0.2) is 11.1 Å². The van der Waals surface area contributed by atoms with Gasteiger partial charge in [-0.25, -0.2) is 0 Å². The molecular weight excluding hydrogens is 272 g/mol. The first kappa shape index (κ1) is 18.7. The lowest BCUT2D eigenvalue weighted by molar-refractivity contribution is -0.137. The van der Waals surface area contributed by atoms with E-state index in [0.717, 1.165) is 25.7 Å². The summed E-state index contributed by atoms with van der Waals surface area (Å²) < 4.78 is 0. The number of allylic oxidation sites excluding steroid dienone is 6. The van der Waals surface area contributed by atoms with Crippen molar-refractivity contribution in [1.82, 2.24) is 0 Å². The van der Waals surface area contributed by atoms with Gasteiger partial charge in [0, 0.05) is 12.3 Å². The Morgan fingerprint density at radius 2 is 2.00 bits per heavy atom. The molecule has 0 bridgehead atoms. The van der Waals surface area contributed by atoms with Crippen LogP contribution >= 0.6 is 0 Å². The molecule has 1 aliphatic rings. The topological polar surface area (TPSA) is 37.3 Å². The van der Waals surface area contributed by atoms with Crippen molar-refractivity contribution in [3.8, 4) is 0 Å².